The first kappa shape index (κ1) is 30.9. The lowest BCUT2D eigenvalue weighted by Crippen LogP contribution is -2.46. The molecular weight excluding hydrogens is 552 g/mol. The maximum Gasteiger partial charge on any atom is 0.294 e. The number of rotatable bonds is 12. The third-order valence-electron chi connectivity index (χ3n) is 7.20. The number of carbonyl (C=O) groups is 2. The highest BCUT2D eigenvalue weighted by molar-refractivity contribution is 5.98. The lowest BCUT2D eigenvalue weighted by Gasteiger charge is -2.22. The van der Waals surface area contributed by atoms with Crippen LogP contribution in [0.25, 0.3) is 11.3 Å². The van der Waals surface area contributed by atoms with Gasteiger partial charge in [-0.25, -0.2) is 4.98 Å². The SMILES string of the molecule is CNc1ncc(-c2ccccc2)n(CC(=O)N[C@@H](C(=O)c2nnc(C(C)(C)c3ccc(OC)c(OC)c3)o2)C(C)C)c1=O. The van der Waals surface area contributed by atoms with Crippen LogP contribution < -0.4 is 25.7 Å². The number of anilines is 1. The van der Waals surface area contributed by atoms with Gasteiger partial charge in [0.2, 0.25) is 17.6 Å². The number of amides is 1. The van der Waals surface area contributed by atoms with Crippen molar-refractivity contribution in [3.8, 4) is 22.8 Å². The molecule has 226 valence electrons. The molecule has 0 saturated heterocycles. The number of hydrogen-bond donors (Lipinski definition) is 2. The van der Waals surface area contributed by atoms with E-state index in [4.69, 9.17) is 13.9 Å². The fourth-order valence-electron chi connectivity index (χ4n) is 4.61. The van der Waals surface area contributed by atoms with Crippen LogP contribution in [0.15, 0.2) is 63.9 Å². The number of aromatic nitrogens is 4. The van der Waals surface area contributed by atoms with Crippen molar-refractivity contribution in [1.82, 2.24) is 25.1 Å². The van der Waals surface area contributed by atoms with Crippen molar-refractivity contribution in [3.63, 3.8) is 0 Å². The van der Waals surface area contributed by atoms with Crippen molar-refractivity contribution in [1.29, 1.82) is 0 Å². The van der Waals surface area contributed by atoms with E-state index >= 15 is 0 Å². The molecule has 12 nitrogen and oxygen atoms in total. The third-order valence-corrected chi connectivity index (χ3v) is 7.20. The van der Waals surface area contributed by atoms with Crippen LogP contribution in [0.3, 0.4) is 0 Å². The maximum absolute atomic E-state index is 13.6. The van der Waals surface area contributed by atoms with E-state index in [1.807, 2.05) is 56.3 Å². The summed E-state index contributed by atoms with van der Waals surface area (Å²) >= 11 is 0. The molecule has 4 rings (SSSR count). The Morgan fingerprint density at radius 3 is 2.35 bits per heavy atom. The van der Waals surface area contributed by atoms with Crippen molar-refractivity contribution < 1.29 is 23.5 Å². The van der Waals surface area contributed by atoms with Gasteiger partial charge in [-0.1, -0.05) is 50.2 Å². The van der Waals surface area contributed by atoms with Crippen molar-refractivity contribution in [3.05, 3.63) is 82.4 Å². The first-order valence-electron chi connectivity index (χ1n) is 13.7. The zero-order valence-electron chi connectivity index (χ0n) is 25.3. The number of benzene rings is 2. The van der Waals surface area contributed by atoms with Gasteiger partial charge in [0.1, 0.15) is 6.54 Å². The molecule has 0 spiro atoms. The molecule has 2 aromatic carbocycles. The van der Waals surface area contributed by atoms with Crippen LogP contribution in [-0.4, -0.2) is 58.7 Å². The maximum atomic E-state index is 13.6. The molecule has 12 heteroatoms. The fourth-order valence-corrected chi connectivity index (χ4v) is 4.61. The smallest absolute Gasteiger partial charge is 0.294 e. The third kappa shape index (κ3) is 6.42. The van der Waals surface area contributed by atoms with Crippen molar-refractivity contribution in [2.45, 2.75) is 45.7 Å². The van der Waals surface area contributed by atoms with E-state index in [9.17, 15) is 14.4 Å². The normalized spacial score (nSPS) is 12.1. The number of ether oxygens (including phenoxy) is 2. The van der Waals surface area contributed by atoms with Gasteiger partial charge in [-0.05, 0) is 43.0 Å². The molecule has 2 aromatic heterocycles. The second-order valence-electron chi connectivity index (χ2n) is 10.8. The van der Waals surface area contributed by atoms with Crippen molar-refractivity contribution >= 4 is 17.5 Å². The van der Waals surface area contributed by atoms with Crippen LogP contribution in [0, 0.1) is 5.92 Å². The molecule has 0 bridgehead atoms. The summed E-state index contributed by atoms with van der Waals surface area (Å²) in [6, 6.07) is 13.6. The summed E-state index contributed by atoms with van der Waals surface area (Å²) in [6.45, 7) is 7.02. The summed E-state index contributed by atoms with van der Waals surface area (Å²) in [7, 11) is 4.68. The summed E-state index contributed by atoms with van der Waals surface area (Å²) in [5.41, 5.74) is 0.744. The van der Waals surface area contributed by atoms with E-state index in [0.717, 1.165) is 11.1 Å². The predicted molar refractivity (Wildman–Crippen MR) is 161 cm³/mol. The average molecular weight is 589 g/mol. The summed E-state index contributed by atoms with van der Waals surface area (Å²) in [6.07, 6.45) is 1.53. The zero-order valence-corrected chi connectivity index (χ0v) is 25.3. The Kier molecular flexibility index (Phi) is 9.27. The zero-order chi connectivity index (χ0) is 31.3. The minimum Gasteiger partial charge on any atom is -0.493 e. The fraction of sp³-hybridized carbons (Fsp3) is 0.355. The topological polar surface area (TPSA) is 150 Å². The first-order chi connectivity index (χ1) is 20.5. The highest BCUT2D eigenvalue weighted by atomic mass is 16.5. The number of hydrogen-bond acceptors (Lipinski definition) is 10. The van der Waals surface area contributed by atoms with Gasteiger partial charge < -0.3 is 24.5 Å². The molecule has 0 saturated carbocycles. The van der Waals surface area contributed by atoms with E-state index in [0.29, 0.717) is 17.2 Å². The predicted octanol–water partition coefficient (Wildman–Crippen LogP) is 3.70. The molecule has 43 heavy (non-hydrogen) atoms. The Morgan fingerprint density at radius 1 is 1.02 bits per heavy atom. The molecule has 0 unspecified atom stereocenters. The van der Waals surface area contributed by atoms with Crippen LogP contribution >= 0.6 is 0 Å². The molecule has 0 radical (unpaired) electrons. The van der Waals surface area contributed by atoms with E-state index in [-0.39, 0.29) is 30.1 Å². The molecule has 0 aliphatic heterocycles. The number of ketones is 1. The minimum absolute atomic E-state index is 0.0967. The van der Waals surface area contributed by atoms with Gasteiger partial charge in [-0.15, -0.1) is 10.2 Å². The van der Waals surface area contributed by atoms with Crippen LogP contribution in [0.1, 0.15) is 49.8 Å². The number of Topliss-reactive ketones (excluding diaryl/α,β-unsaturated/α-hetero) is 1. The standard InChI is InChI=1S/C31H36N6O6/c1-18(2)25(34-24(38)17-37-21(19-11-9-8-10-12-19)16-33-27(32-5)29(37)40)26(39)28-35-36-30(43-28)31(3,4)20-13-14-22(41-6)23(15-20)42-7/h8-16,18,25H,17H2,1-7H3,(H,32,33)(H,34,38)/t25-/m1/s1. The van der Waals surface area contributed by atoms with Crippen molar-refractivity contribution in [2.24, 2.45) is 5.92 Å². The highest BCUT2D eigenvalue weighted by Gasteiger charge is 2.34. The lowest BCUT2D eigenvalue weighted by atomic mass is 9.84. The van der Waals surface area contributed by atoms with Gasteiger partial charge in [0, 0.05) is 7.05 Å². The Bertz CT molecular complexity index is 1660. The summed E-state index contributed by atoms with van der Waals surface area (Å²) < 4.78 is 18.0. The van der Waals surface area contributed by atoms with Gasteiger partial charge in [-0.2, -0.15) is 0 Å². The van der Waals surface area contributed by atoms with Gasteiger partial charge in [0.25, 0.3) is 11.4 Å². The Balaban J connectivity index is 1.58. The molecule has 2 heterocycles. The summed E-state index contributed by atoms with van der Waals surface area (Å²) in [5.74, 6) is -0.196. The van der Waals surface area contributed by atoms with Gasteiger partial charge in [0.15, 0.2) is 17.3 Å². The quantitative estimate of drug-likeness (QED) is 0.235. The molecule has 0 fully saturated rings. The molecule has 0 aliphatic rings. The molecule has 2 N–H and O–H groups in total. The van der Waals surface area contributed by atoms with Crippen molar-refractivity contribution in [2.75, 3.05) is 26.6 Å². The van der Waals surface area contributed by atoms with Gasteiger partial charge >= 0.3 is 0 Å². The number of carbonyl (C=O) groups excluding carboxylic acids is 2. The number of nitrogens with zero attached hydrogens (tertiary/aromatic N) is 4. The van der Waals surface area contributed by atoms with Crippen LogP contribution in [0.2, 0.25) is 0 Å². The Morgan fingerprint density at radius 2 is 1.72 bits per heavy atom. The molecule has 1 atom stereocenters. The summed E-state index contributed by atoms with van der Waals surface area (Å²) in [4.78, 5) is 44.2. The number of methoxy groups -OCH3 is 2. The molecule has 1 amide bonds. The van der Waals surface area contributed by atoms with E-state index in [1.165, 1.54) is 10.8 Å². The minimum atomic E-state index is -0.980. The van der Waals surface area contributed by atoms with Crippen LogP contribution in [0.5, 0.6) is 11.5 Å². The van der Waals surface area contributed by atoms with Crippen LogP contribution in [0.4, 0.5) is 5.82 Å². The second kappa shape index (κ2) is 12.9. The van der Waals surface area contributed by atoms with Gasteiger partial charge in [-0.3, -0.25) is 19.0 Å². The molecule has 0 aliphatic carbocycles. The lowest BCUT2D eigenvalue weighted by molar-refractivity contribution is -0.122. The van der Waals surface area contributed by atoms with Crippen LogP contribution in [-0.2, 0) is 16.8 Å². The first-order valence-corrected chi connectivity index (χ1v) is 13.7. The Hall–Kier alpha value is -5.00. The van der Waals surface area contributed by atoms with Gasteiger partial charge in [0.05, 0.1) is 37.6 Å². The second-order valence-corrected chi connectivity index (χ2v) is 10.8. The summed E-state index contributed by atoms with van der Waals surface area (Å²) in [5, 5.41) is 13.7. The highest BCUT2D eigenvalue weighted by Crippen LogP contribution is 2.36. The Labute approximate surface area is 249 Å². The monoisotopic (exact) mass is 588 g/mol. The molecular formula is C31H36N6O6. The average Bonchev–Trinajstić information content (AvgIpc) is 3.52. The van der Waals surface area contributed by atoms with E-state index in [2.05, 4.69) is 25.8 Å². The van der Waals surface area contributed by atoms with E-state index < -0.39 is 28.7 Å². The molecule has 4 aromatic rings. The largest absolute Gasteiger partial charge is 0.493 e. The number of nitrogens with one attached hydrogen (secondary N) is 2. The van der Waals surface area contributed by atoms with E-state index in [1.54, 1.807) is 41.2 Å².